The van der Waals surface area contributed by atoms with Crippen molar-refractivity contribution in [3.05, 3.63) is 35.9 Å². The molecule has 1 atom stereocenters. The summed E-state index contributed by atoms with van der Waals surface area (Å²) in [4.78, 5) is 11.6. The van der Waals surface area contributed by atoms with Crippen LogP contribution in [0.3, 0.4) is 0 Å². The number of methoxy groups -OCH3 is 1. The van der Waals surface area contributed by atoms with Crippen LogP contribution in [-0.4, -0.2) is 26.2 Å². The molecule has 1 aromatic rings. The lowest BCUT2D eigenvalue weighted by Crippen LogP contribution is -2.55. The van der Waals surface area contributed by atoms with Crippen molar-refractivity contribution in [2.24, 2.45) is 0 Å². The van der Waals surface area contributed by atoms with E-state index in [0.29, 0.717) is 0 Å². The van der Waals surface area contributed by atoms with Gasteiger partial charge in [-0.2, -0.15) is 13.2 Å². The first kappa shape index (κ1) is 13.5. The molecule has 94 valence electrons. The van der Waals surface area contributed by atoms with Crippen molar-refractivity contribution >= 4 is 5.91 Å². The van der Waals surface area contributed by atoms with Gasteiger partial charge in [0.05, 0.1) is 0 Å². The van der Waals surface area contributed by atoms with Gasteiger partial charge in [-0.15, -0.1) is 0 Å². The van der Waals surface area contributed by atoms with E-state index in [1.165, 1.54) is 24.3 Å². The predicted octanol–water partition coefficient (Wildman–Crippen LogP) is 1.84. The molecule has 0 heterocycles. The summed E-state index contributed by atoms with van der Waals surface area (Å²) in [5.74, 6) is -1.25. The van der Waals surface area contributed by atoms with Crippen LogP contribution in [0.15, 0.2) is 30.3 Å². The van der Waals surface area contributed by atoms with Gasteiger partial charge >= 0.3 is 6.18 Å². The standard InChI is InChI=1S/C11H12F3NO2/c1-15-9(16)10(17-2,11(12,13)14)8-6-4-3-5-7-8/h3-7H,1-2H3,(H,15,16)/t10-/m1/s1. The largest absolute Gasteiger partial charge is 0.430 e. The molecule has 1 N–H and O–H groups in total. The number of carbonyl (C=O) groups is 1. The highest BCUT2D eigenvalue weighted by atomic mass is 19.4. The van der Waals surface area contributed by atoms with Gasteiger partial charge in [-0.3, -0.25) is 4.79 Å². The van der Waals surface area contributed by atoms with Gasteiger partial charge in [0.1, 0.15) is 0 Å². The van der Waals surface area contributed by atoms with E-state index in [9.17, 15) is 18.0 Å². The highest BCUT2D eigenvalue weighted by molar-refractivity contribution is 5.87. The van der Waals surface area contributed by atoms with Gasteiger partial charge in [0.25, 0.3) is 11.5 Å². The second kappa shape index (κ2) is 4.75. The molecule has 0 spiro atoms. The van der Waals surface area contributed by atoms with Gasteiger partial charge in [0.2, 0.25) is 0 Å². The van der Waals surface area contributed by atoms with Gasteiger partial charge in [0.15, 0.2) is 0 Å². The third-order valence-corrected chi connectivity index (χ3v) is 2.43. The lowest BCUT2D eigenvalue weighted by atomic mass is 9.91. The molecular formula is C11H12F3NO2. The summed E-state index contributed by atoms with van der Waals surface area (Å²) in [6.45, 7) is 0. The maximum Gasteiger partial charge on any atom is 0.430 e. The Balaban J connectivity index is 3.43. The summed E-state index contributed by atoms with van der Waals surface area (Å²) in [5, 5.41) is 1.98. The Morgan fingerprint density at radius 1 is 1.24 bits per heavy atom. The predicted molar refractivity (Wildman–Crippen MR) is 55.3 cm³/mol. The molecule has 0 fully saturated rings. The summed E-state index contributed by atoms with van der Waals surface area (Å²) in [5.41, 5.74) is -3.22. The maximum absolute atomic E-state index is 13.1. The summed E-state index contributed by atoms with van der Waals surface area (Å²) in [6, 6.07) is 6.79. The lowest BCUT2D eigenvalue weighted by Gasteiger charge is -2.32. The number of hydrogen-bond acceptors (Lipinski definition) is 2. The highest BCUT2D eigenvalue weighted by Crippen LogP contribution is 2.41. The van der Waals surface area contributed by atoms with Crippen molar-refractivity contribution in [3.8, 4) is 0 Å². The molecule has 17 heavy (non-hydrogen) atoms. The van der Waals surface area contributed by atoms with Crippen LogP contribution in [0.4, 0.5) is 13.2 Å². The van der Waals surface area contributed by atoms with Crippen LogP contribution in [0.25, 0.3) is 0 Å². The normalized spacial score (nSPS) is 15.1. The molecule has 0 aliphatic rings. The molecule has 0 saturated carbocycles. The second-order valence-electron chi connectivity index (χ2n) is 3.33. The van der Waals surface area contributed by atoms with Crippen LogP contribution in [0.5, 0.6) is 0 Å². The summed E-state index contributed by atoms with van der Waals surface area (Å²) < 4.78 is 43.8. The van der Waals surface area contributed by atoms with Crippen molar-refractivity contribution < 1.29 is 22.7 Å². The minimum Gasteiger partial charge on any atom is -0.356 e. The van der Waals surface area contributed by atoms with E-state index in [4.69, 9.17) is 0 Å². The Morgan fingerprint density at radius 3 is 2.12 bits per heavy atom. The van der Waals surface area contributed by atoms with Crippen molar-refractivity contribution in [2.75, 3.05) is 14.2 Å². The molecule has 3 nitrogen and oxygen atoms in total. The summed E-state index contributed by atoms with van der Waals surface area (Å²) >= 11 is 0. The van der Waals surface area contributed by atoms with Crippen LogP contribution >= 0.6 is 0 Å². The van der Waals surface area contributed by atoms with E-state index < -0.39 is 17.7 Å². The molecule has 1 amide bonds. The first-order chi connectivity index (χ1) is 7.90. The van der Waals surface area contributed by atoms with Gasteiger partial charge in [-0.05, 0) is 0 Å². The molecule has 0 aromatic heterocycles. The Labute approximate surface area is 96.6 Å². The minimum absolute atomic E-state index is 0.255. The SMILES string of the molecule is CNC(=O)[C@](OC)(c1ccccc1)C(F)(F)F. The zero-order valence-electron chi connectivity index (χ0n) is 9.34. The number of carbonyl (C=O) groups excluding carboxylic acids is 1. The van der Waals surface area contributed by atoms with E-state index in [1.807, 2.05) is 5.32 Å². The van der Waals surface area contributed by atoms with Gasteiger partial charge in [-0.25, -0.2) is 0 Å². The van der Waals surface area contributed by atoms with E-state index >= 15 is 0 Å². The smallest absolute Gasteiger partial charge is 0.356 e. The van der Waals surface area contributed by atoms with Crippen LogP contribution in [-0.2, 0) is 15.1 Å². The zero-order valence-corrected chi connectivity index (χ0v) is 9.34. The third kappa shape index (κ3) is 2.12. The average molecular weight is 247 g/mol. The topological polar surface area (TPSA) is 38.3 Å². The molecule has 0 radical (unpaired) electrons. The number of rotatable bonds is 3. The molecule has 1 rings (SSSR count). The van der Waals surface area contributed by atoms with Crippen molar-refractivity contribution in [3.63, 3.8) is 0 Å². The Hall–Kier alpha value is -1.56. The highest BCUT2D eigenvalue weighted by Gasteiger charge is 2.62. The van der Waals surface area contributed by atoms with Crippen molar-refractivity contribution in [1.29, 1.82) is 0 Å². The number of nitrogens with one attached hydrogen (secondary N) is 1. The minimum atomic E-state index is -4.84. The monoisotopic (exact) mass is 247 g/mol. The average Bonchev–Trinajstić information content (AvgIpc) is 2.30. The number of hydrogen-bond donors (Lipinski definition) is 1. The fraction of sp³-hybridized carbons (Fsp3) is 0.364. The molecule has 6 heteroatoms. The third-order valence-electron chi connectivity index (χ3n) is 2.43. The number of amides is 1. The number of ether oxygens (including phenoxy) is 1. The van der Waals surface area contributed by atoms with E-state index in [2.05, 4.69) is 4.74 Å². The van der Waals surface area contributed by atoms with E-state index in [-0.39, 0.29) is 5.56 Å². The Bertz CT molecular complexity index is 391. The molecule has 0 aliphatic carbocycles. The Morgan fingerprint density at radius 2 is 1.76 bits per heavy atom. The van der Waals surface area contributed by atoms with Gasteiger partial charge in [-0.1, -0.05) is 30.3 Å². The molecule has 0 aliphatic heterocycles. The number of alkyl halides is 3. The fourth-order valence-electron chi connectivity index (χ4n) is 1.60. The van der Waals surface area contributed by atoms with E-state index in [1.54, 1.807) is 6.07 Å². The molecular weight excluding hydrogens is 235 g/mol. The van der Waals surface area contributed by atoms with Crippen LogP contribution in [0.2, 0.25) is 0 Å². The fourth-order valence-corrected chi connectivity index (χ4v) is 1.60. The summed E-state index contributed by atoms with van der Waals surface area (Å²) in [7, 11) is 1.99. The van der Waals surface area contributed by atoms with Crippen molar-refractivity contribution in [2.45, 2.75) is 11.8 Å². The van der Waals surface area contributed by atoms with Crippen LogP contribution in [0.1, 0.15) is 5.56 Å². The van der Waals surface area contributed by atoms with Crippen molar-refractivity contribution in [1.82, 2.24) is 5.32 Å². The quantitative estimate of drug-likeness (QED) is 0.885. The van der Waals surface area contributed by atoms with Gasteiger partial charge in [0, 0.05) is 19.7 Å². The van der Waals surface area contributed by atoms with E-state index in [0.717, 1.165) is 14.2 Å². The first-order valence-electron chi connectivity index (χ1n) is 4.79. The number of benzene rings is 1. The molecule has 0 bridgehead atoms. The molecule has 1 aromatic carbocycles. The van der Waals surface area contributed by atoms with Crippen LogP contribution in [0, 0.1) is 0 Å². The first-order valence-corrected chi connectivity index (χ1v) is 4.79. The maximum atomic E-state index is 13.1. The summed E-state index contributed by atoms with van der Waals surface area (Å²) in [6.07, 6.45) is -4.84. The zero-order chi connectivity index (χ0) is 13.1. The van der Waals surface area contributed by atoms with Crippen LogP contribution < -0.4 is 5.32 Å². The second-order valence-corrected chi connectivity index (χ2v) is 3.33. The number of likely N-dealkylation sites (N-methyl/N-ethyl adjacent to an activating group) is 1. The Kier molecular flexibility index (Phi) is 3.77. The molecule has 0 unspecified atom stereocenters. The van der Waals surface area contributed by atoms with Gasteiger partial charge < -0.3 is 10.1 Å². The number of halogens is 3. The molecule has 0 saturated heterocycles. The lowest BCUT2D eigenvalue weighted by molar-refractivity contribution is -0.265.